The second-order valence-electron chi connectivity index (χ2n) is 5.73. The summed E-state index contributed by atoms with van der Waals surface area (Å²) in [5.74, 6) is 1.54. The minimum absolute atomic E-state index is 0.429. The normalized spacial score (nSPS) is 16.4. The van der Waals surface area contributed by atoms with Crippen molar-refractivity contribution in [2.45, 2.75) is 44.6 Å². The van der Waals surface area contributed by atoms with Crippen molar-refractivity contribution in [2.75, 3.05) is 6.54 Å². The number of aliphatic imine (C=N–C) groups is 1. The molecule has 3 N–H and O–H groups in total. The largest absolute Gasteiger partial charge is 0.370 e. The molecule has 0 aromatic carbocycles. The smallest absolute Gasteiger partial charge is 0.276 e. The third kappa shape index (κ3) is 4.51. The number of hydrogen-bond acceptors (Lipinski definition) is 5. The molecule has 0 unspecified atom stereocenters. The molecule has 23 heavy (non-hydrogen) atoms. The lowest BCUT2D eigenvalue weighted by Gasteiger charge is -2.23. The Morgan fingerprint density at radius 3 is 2.96 bits per heavy atom. The fraction of sp³-hybridized carbons (Fsp3) is 0.500. The summed E-state index contributed by atoms with van der Waals surface area (Å²) >= 11 is 0. The lowest BCUT2D eigenvalue weighted by Crippen LogP contribution is -2.41. The van der Waals surface area contributed by atoms with Gasteiger partial charge in [-0.05, 0) is 25.0 Å². The molecule has 1 fully saturated rings. The van der Waals surface area contributed by atoms with E-state index in [-0.39, 0.29) is 0 Å². The number of guanidine groups is 1. The Kier molecular flexibility index (Phi) is 5.18. The molecular weight excluding hydrogens is 292 g/mol. The first-order chi connectivity index (χ1) is 11.3. The van der Waals surface area contributed by atoms with Gasteiger partial charge in [0.05, 0.1) is 0 Å². The van der Waals surface area contributed by atoms with E-state index in [9.17, 15) is 0 Å². The van der Waals surface area contributed by atoms with Gasteiger partial charge in [0.2, 0.25) is 0 Å². The summed E-state index contributed by atoms with van der Waals surface area (Å²) in [5.41, 5.74) is 6.60. The number of rotatable bonds is 5. The maximum atomic E-state index is 5.93. The van der Waals surface area contributed by atoms with E-state index >= 15 is 0 Å². The summed E-state index contributed by atoms with van der Waals surface area (Å²) in [6, 6.07) is 6.03. The Morgan fingerprint density at radius 2 is 2.17 bits per heavy atom. The van der Waals surface area contributed by atoms with Gasteiger partial charge in [-0.2, -0.15) is 4.98 Å². The van der Waals surface area contributed by atoms with Crippen LogP contribution in [0.1, 0.15) is 37.9 Å². The Bertz CT molecular complexity index is 633. The van der Waals surface area contributed by atoms with Crippen LogP contribution in [0.5, 0.6) is 0 Å². The van der Waals surface area contributed by atoms with Gasteiger partial charge in [0, 0.05) is 25.2 Å². The van der Waals surface area contributed by atoms with Crippen LogP contribution in [-0.4, -0.2) is 33.7 Å². The number of nitrogens with zero attached hydrogens (tertiary/aromatic N) is 4. The molecule has 1 aliphatic rings. The van der Waals surface area contributed by atoms with Gasteiger partial charge in [-0.3, -0.25) is 9.98 Å². The minimum Gasteiger partial charge on any atom is -0.370 e. The molecule has 122 valence electrons. The number of pyridine rings is 1. The summed E-state index contributed by atoms with van der Waals surface area (Å²) < 4.78 is 5.21. The molecule has 2 aromatic rings. The standard InChI is InChI=1S/C16H22N6O/c17-16(20-12-6-2-1-3-7-12)19-11-9-14-21-15(23-22-14)13-8-4-5-10-18-13/h4-5,8,10,12H,1-3,6-7,9,11H2,(H3,17,19,20). The van der Waals surface area contributed by atoms with E-state index in [4.69, 9.17) is 10.3 Å². The molecule has 2 heterocycles. The molecule has 2 aromatic heterocycles. The Labute approximate surface area is 135 Å². The Hall–Kier alpha value is -2.44. The molecule has 0 bridgehead atoms. The van der Waals surface area contributed by atoms with Crippen LogP contribution in [-0.2, 0) is 6.42 Å². The van der Waals surface area contributed by atoms with Crippen LogP contribution < -0.4 is 11.1 Å². The summed E-state index contributed by atoms with van der Waals surface area (Å²) in [7, 11) is 0. The monoisotopic (exact) mass is 314 g/mol. The predicted molar refractivity (Wildman–Crippen MR) is 87.7 cm³/mol. The van der Waals surface area contributed by atoms with Crippen molar-refractivity contribution in [2.24, 2.45) is 10.7 Å². The molecule has 0 amide bonds. The number of nitrogens with two attached hydrogens (primary N) is 1. The summed E-state index contributed by atoms with van der Waals surface area (Å²) in [5, 5.41) is 7.24. The molecule has 3 rings (SSSR count). The van der Waals surface area contributed by atoms with Crippen molar-refractivity contribution in [3.05, 3.63) is 30.2 Å². The van der Waals surface area contributed by atoms with Crippen molar-refractivity contribution in [1.82, 2.24) is 20.4 Å². The zero-order valence-corrected chi connectivity index (χ0v) is 13.1. The van der Waals surface area contributed by atoms with Crippen LogP contribution in [0.2, 0.25) is 0 Å². The van der Waals surface area contributed by atoms with Crippen LogP contribution in [0.15, 0.2) is 33.9 Å². The van der Waals surface area contributed by atoms with E-state index in [1.807, 2.05) is 18.2 Å². The molecule has 7 heteroatoms. The van der Waals surface area contributed by atoms with Gasteiger partial charge < -0.3 is 15.6 Å². The van der Waals surface area contributed by atoms with E-state index < -0.39 is 0 Å². The van der Waals surface area contributed by atoms with Crippen molar-refractivity contribution >= 4 is 5.96 Å². The van der Waals surface area contributed by atoms with Gasteiger partial charge in [-0.1, -0.05) is 30.5 Å². The summed E-state index contributed by atoms with van der Waals surface area (Å²) in [6.07, 6.45) is 8.49. The number of aromatic nitrogens is 3. The Morgan fingerprint density at radius 1 is 1.30 bits per heavy atom. The molecule has 0 radical (unpaired) electrons. The van der Waals surface area contributed by atoms with Gasteiger partial charge >= 0.3 is 0 Å². The van der Waals surface area contributed by atoms with Crippen LogP contribution >= 0.6 is 0 Å². The average molecular weight is 314 g/mol. The van der Waals surface area contributed by atoms with Gasteiger partial charge in [0.15, 0.2) is 11.8 Å². The highest BCUT2D eigenvalue weighted by atomic mass is 16.5. The van der Waals surface area contributed by atoms with Crippen molar-refractivity contribution in [3.63, 3.8) is 0 Å². The first kappa shape index (κ1) is 15.5. The van der Waals surface area contributed by atoms with Gasteiger partial charge in [-0.25, -0.2) is 0 Å². The summed E-state index contributed by atoms with van der Waals surface area (Å²) in [4.78, 5) is 12.8. The van der Waals surface area contributed by atoms with E-state index in [1.165, 1.54) is 32.1 Å². The highest BCUT2D eigenvalue weighted by Gasteiger charge is 2.13. The van der Waals surface area contributed by atoms with Gasteiger partial charge in [0.1, 0.15) is 5.69 Å². The fourth-order valence-electron chi connectivity index (χ4n) is 2.73. The van der Waals surface area contributed by atoms with Crippen molar-refractivity contribution in [1.29, 1.82) is 0 Å². The Balaban J connectivity index is 1.48. The first-order valence-electron chi connectivity index (χ1n) is 8.12. The van der Waals surface area contributed by atoms with Crippen LogP contribution in [0.3, 0.4) is 0 Å². The first-order valence-corrected chi connectivity index (χ1v) is 8.12. The highest BCUT2D eigenvalue weighted by molar-refractivity contribution is 5.78. The molecule has 0 aliphatic heterocycles. The van der Waals surface area contributed by atoms with Crippen molar-refractivity contribution in [3.8, 4) is 11.6 Å². The van der Waals surface area contributed by atoms with Crippen LogP contribution in [0.4, 0.5) is 0 Å². The number of nitrogens with one attached hydrogen (secondary N) is 1. The summed E-state index contributed by atoms with van der Waals surface area (Å²) in [6.45, 7) is 0.534. The third-order valence-corrected chi connectivity index (χ3v) is 3.93. The molecule has 1 saturated carbocycles. The molecule has 0 spiro atoms. The fourth-order valence-corrected chi connectivity index (χ4v) is 2.73. The average Bonchev–Trinajstić information content (AvgIpc) is 3.05. The maximum absolute atomic E-state index is 5.93. The van der Waals surface area contributed by atoms with E-state index in [0.29, 0.717) is 42.4 Å². The molecule has 1 aliphatic carbocycles. The molecule has 0 atom stereocenters. The lowest BCUT2D eigenvalue weighted by molar-refractivity contribution is 0.412. The molecule has 0 saturated heterocycles. The minimum atomic E-state index is 0.429. The van der Waals surface area contributed by atoms with E-state index in [2.05, 4.69) is 25.4 Å². The van der Waals surface area contributed by atoms with E-state index in [0.717, 1.165) is 0 Å². The third-order valence-electron chi connectivity index (χ3n) is 3.93. The number of hydrogen-bond donors (Lipinski definition) is 2. The van der Waals surface area contributed by atoms with Gasteiger partial charge in [-0.15, -0.1) is 0 Å². The lowest BCUT2D eigenvalue weighted by atomic mass is 9.96. The van der Waals surface area contributed by atoms with Crippen molar-refractivity contribution < 1.29 is 4.52 Å². The van der Waals surface area contributed by atoms with E-state index in [1.54, 1.807) is 6.20 Å². The maximum Gasteiger partial charge on any atom is 0.276 e. The quantitative estimate of drug-likeness (QED) is 0.645. The topological polar surface area (TPSA) is 102 Å². The second kappa shape index (κ2) is 7.71. The highest BCUT2D eigenvalue weighted by Crippen LogP contribution is 2.17. The van der Waals surface area contributed by atoms with Gasteiger partial charge in [0.25, 0.3) is 5.89 Å². The predicted octanol–water partition coefficient (Wildman–Crippen LogP) is 1.91. The zero-order valence-electron chi connectivity index (χ0n) is 13.1. The van der Waals surface area contributed by atoms with Crippen LogP contribution in [0, 0.1) is 0 Å². The van der Waals surface area contributed by atoms with Crippen LogP contribution in [0.25, 0.3) is 11.6 Å². The SMILES string of the molecule is NC(=NCCc1noc(-c2ccccn2)n1)NC1CCCCC1. The molecular formula is C16H22N6O. The zero-order chi connectivity index (χ0) is 15.9. The second-order valence-corrected chi connectivity index (χ2v) is 5.73. The molecule has 7 nitrogen and oxygen atoms in total.